The Bertz CT molecular complexity index is 957. The fourth-order valence-corrected chi connectivity index (χ4v) is 4.00. The van der Waals surface area contributed by atoms with Gasteiger partial charge in [0.25, 0.3) is 0 Å². The minimum absolute atomic E-state index is 0.311. The van der Waals surface area contributed by atoms with Gasteiger partial charge in [0.2, 0.25) is 0 Å². The third-order valence-corrected chi connectivity index (χ3v) is 5.68. The Hall–Kier alpha value is -2.43. The zero-order valence-electron chi connectivity index (χ0n) is 16.9. The average Bonchev–Trinajstić information content (AvgIpc) is 2.64. The Morgan fingerprint density at radius 2 is 1.86 bits per heavy atom. The van der Waals surface area contributed by atoms with Gasteiger partial charge in [-0.2, -0.15) is 5.26 Å². The molecule has 29 heavy (non-hydrogen) atoms. The summed E-state index contributed by atoms with van der Waals surface area (Å²) in [6, 6.07) is 11.1. The van der Waals surface area contributed by atoms with E-state index in [0.717, 1.165) is 4.47 Å². The number of amides is 1. The lowest BCUT2D eigenvalue weighted by atomic mass is 9.62. The van der Waals surface area contributed by atoms with Gasteiger partial charge in [-0.1, -0.05) is 35.0 Å². The van der Waals surface area contributed by atoms with Crippen molar-refractivity contribution in [2.24, 2.45) is 5.41 Å². The summed E-state index contributed by atoms with van der Waals surface area (Å²) in [6.07, 6.45) is 2.63. The number of hydrogen-bond donors (Lipinski definition) is 1. The van der Waals surface area contributed by atoms with Gasteiger partial charge in [0.15, 0.2) is 0 Å². The predicted octanol–water partition coefficient (Wildman–Crippen LogP) is 4.21. The number of pyridine rings is 1. The van der Waals surface area contributed by atoms with E-state index in [1.54, 1.807) is 17.2 Å². The highest BCUT2D eigenvalue weighted by Crippen LogP contribution is 2.50. The van der Waals surface area contributed by atoms with Crippen molar-refractivity contribution in [1.29, 1.82) is 5.26 Å². The minimum atomic E-state index is -1.44. The van der Waals surface area contributed by atoms with E-state index in [0.29, 0.717) is 29.8 Å². The second-order valence-electron chi connectivity index (χ2n) is 8.69. The van der Waals surface area contributed by atoms with Crippen molar-refractivity contribution >= 4 is 22.0 Å². The molecular weight excluding hydrogens is 434 g/mol. The van der Waals surface area contributed by atoms with E-state index in [9.17, 15) is 15.2 Å². The zero-order chi connectivity index (χ0) is 21.4. The molecule has 0 bridgehead atoms. The van der Waals surface area contributed by atoms with Crippen molar-refractivity contribution in [3.63, 3.8) is 0 Å². The van der Waals surface area contributed by atoms with Gasteiger partial charge in [0.05, 0.1) is 5.56 Å². The standard InChI is InChI=1S/C22H24BrN3O3/c1-20(2,3)29-19(27)26-13-21(4,14-26)22(28,16-5-7-18(23)8-6-16)17-9-15(10-24)11-25-12-17/h5-9,11-12,28H,13-14H2,1-4H3/t22-/m0/s1. The molecule has 0 aliphatic carbocycles. The van der Waals surface area contributed by atoms with Gasteiger partial charge in [-0.3, -0.25) is 4.98 Å². The maximum atomic E-state index is 12.4. The number of likely N-dealkylation sites (tertiary alicyclic amines) is 1. The maximum absolute atomic E-state index is 12.4. The molecule has 152 valence electrons. The van der Waals surface area contributed by atoms with Crippen LogP contribution < -0.4 is 0 Å². The number of carbonyl (C=O) groups is 1. The minimum Gasteiger partial charge on any atom is -0.444 e. The highest BCUT2D eigenvalue weighted by Gasteiger charge is 2.58. The van der Waals surface area contributed by atoms with E-state index in [1.165, 1.54) is 6.20 Å². The first-order chi connectivity index (χ1) is 13.5. The number of nitriles is 1. The molecule has 2 aromatic rings. The zero-order valence-corrected chi connectivity index (χ0v) is 18.5. The van der Waals surface area contributed by atoms with Gasteiger partial charge in [-0.05, 0) is 44.5 Å². The molecule has 1 amide bonds. The summed E-state index contributed by atoms with van der Waals surface area (Å²) in [7, 11) is 0. The van der Waals surface area contributed by atoms with E-state index in [1.807, 2.05) is 52.0 Å². The fraction of sp³-hybridized carbons (Fsp3) is 0.409. The molecular formula is C22H24BrN3O3. The molecule has 1 aliphatic heterocycles. The molecule has 1 aromatic carbocycles. The van der Waals surface area contributed by atoms with Crippen molar-refractivity contribution in [3.05, 3.63) is 63.9 Å². The first-order valence-corrected chi connectivity index (χ1v) is 10.1. The molecule has 7 heteroatoms. The largest absolute Gasteiger partial charge is 0.444 e. The summed E-state index contributed by atoms with van der Waals surface area (Å²) in [5, 5.41) is 21.3. The SMILES string of the molecule is CC(C)(C)OC(=O)N1CC(C)([C@](O)(c2ccc(Br)cc2)c2cncc(C#N)c2)C1. The fourth-order valence-electron chi connectivity index (χ4n) is 3.73. The van der Waals surface area contributed by atoms with Crippen LogP contribution in [0.2, 0.25) is 0 Å². The molecule has 1 aliphatic rings. The molecule has 1 N–H and O–H groups in total. The topological polar surface area (TPSA) is 86.4 Å². The highest BCUT2D eigenvalue weighted by molar-refractivity contribution is 9.10. The molecule has 0 spiro atoms. The van der Waals surface area contributed by atoms with Crippen LogP contribution in [0.25, 0.3) is 0 Å². The molecule has 1 saturated heterocycles. The molecule has 0 unspecified atom stereocenters. The van der Waals surface area contributed by atoms with E-state index in [4.69, 9.17) is 4.74 Å². The van der Waals surface area contributed by atoms with E-state index in [2.05, 4.69) is 27.0 Å². The summed E-state index contributed by atoms with van der Waals surface area (Å²) >= 11 is 3.42. The number of rotatable bonds is 3. The Labute approximate surface area is 179 Å². The van der Waals surface area contributed by atoms with Gasteiger partial charge in [0, 0.05) is 40.9 Å². The lowest BCUT2D eigenvalue weighted by Crippen LogP contribution is -2.66. The van der Waals surface area contributed by atoms with Gasteiger partial charge in [0.1, 0.15) is 17.3 Å². The maximum Gasteiger partial charge on any atom is 0.410 e. The van der Waals surface area contributed by atoms with Crippen molar-refractivity contribution < 1.29 is 14.6 Å². The van der Waals surface area contributed by atoms with Gasteiger partial charge < -0.3 is 14.7 Å². The number of aliphatic hydroxyl groups is 1. The molecule has 0 saturated carbocycles. The number of ether oxygens (including phenoxy) is 1. The quantitative estimate of drug-likeness (QED) is 0.745. The first-order valence-electron chi connectivity index (χ1n) is 9.30. The van der Waals surface area contributed by atoms with Gasteiger partial charge >= 0.3 is 6.09 Å². The Kier molecular flexibility index (Phi) is 5.46. The number of nitrogens with zero attached hydrogens (tertiary/aromatic N) is 3. The summed E-state index contributed by atoms with van der Waals surface area (Å²) in [5.74, 6) is 0. The van der Waals surface area contributed by atoms with Crippen LogP contribution in [0.5, 0.6) is 0 Å². The van der Waals surface area contributed by atoms with Crippen LogP contribution in [0.4, 0.5) is 4.79 Å². The molecule has 0 radical (unpaired) electrons. The van der Waals surface area contributed by atoms with Crippen molar-refractivity contribution in [3.8, 4) is 6.07 Å². The summed E-state index contributed by atoms with van der Waals surface area (Å²) in [4.78, 5) is 18.2. The van der Waals surface area contributed by atoms with Crippen LogP contribution in [0.1, 0.15) is 44.4 Å². The highest BCUT2D eigenvalue weighted by atomic mass is 79.9. The normalized spacial score (nSPS) is 17.6. The molecule has 1 aromatic heterocycles. The predicted molar refractivity (Wildman–Crippen MR) is 112 cm³/mol. The van der Waals surface area contributed by atoms with Crippen LogP contribution in [0.15, 0.2) is 47.2 Å². The molecule has 1 fully saturated rings. The Morgan fingerprint density at radius 3 is 2.41 bits per heavy atom. The van der Waals surface area contributed by atoms with E-state index < -0.39 is 22.7 Å². The van der Waals surface area contributed by atoms with Gasteiger partial charge in [-0.15, -0.1) is 0 Å². The molecule has 1 atom stereocenters. The lowest BCUT2D eigenvalue weighted by Gasteiger charge is -2.56. The van der Waals surface area contributed by atoms with Gasteiger partial charge in [-0.25, -0.2) is 4.79 Å². The number of halogens is 1. The third kappa shape index (κ3) is 4.00. The average molecular weight is 458 g/mol. The number of aromatic nitrogens is 1. The summed E-state index contributed by atoms with van der Waals surface area (Å²) < 4.78 is 6.35. The second-order valence-corrected chi connectivity index (χ2v) is 9.60. The number of benzene rings is 1. The molecule has 6 nitrogen and oxygen atoms in total. The summed E-state index contributed by atoms with van der Waals surface area (Å²) in [5.41, 5.74) is -1.16. The van der Waals surface area contributed by atoms with Crippen LogP contribution in [0.3, 0.4) is 0 Å². The van der Waals surface area contributed by atoms with Crippen molar-refractivity contribution in [2.75, 3.05) is 13.1 Å². The van der Waals surface area contributed by atoms with E-state index >= 15 is 0 Å². The Morgan fingerprint density at radius 1 is 1.24 bits per heavy atom. The molecule has 2 heterocycles. The van der Waals surface area contributed by atoms with Crippen molar-refractivity contribution in [1.82, 2.24) is 9.88 Å². The first kappa shape index (κ1) is 21.3. The number of carbonyl (C=O) groups excluding carboxylic acids is 1. The number of hydrogen-bond acceptors (Lipinski definition) is 5. The second kappa shape index (κ2) is 7.43. The van der Waals surface area contributed by atoms with Crippen LogP contribution in [-0.4, -0.2) is 39.8 Å². The monoisotopic (exact) mass is 457 g/mol. The van der Waals surface area contributed by atoms with Crippen molar-refractivity contribution in [2.45, 2.75) is 38.9 Å². The lowest BCUT2D eigenvalue weighted by molar-refractivity contribution is -0.131. The summed E-state index contributed by atoms with van der Waals surface area (Å²) in [6.45, 7) is 8.01. The third-order valence-electron chi connectivity index (χ3n) is 5.15. The van der Waals surface area contributed by atoms with E-state index in [-0.39, 0.29) is 0 Å². The van der Waals surface area contributed by atoms with Crippen LogP contribution in [0, 0.1) is 16.7 Å². The van der Waals surface area contributed by atoms with Crippen LogP contribution >= 0.6 is 15.9 Å². The Balaban J connectivity index is 2.00. The van der Waals surface area contributed by atoms with Crippen LogP contribution in [-0.2, 0) is 10.3 Å². The molecule has 3 rings (SSSR count). The smallest absolute Gasteiger partial charge is 0.410 e.